The molecule has 0 saturated carbocycles. The lowest BCUT2D eigenvalue weighted by atomic mass is 10.1. The molecule has 21 nitrogen and oxygen atoms in total. The van der Waals surface area contributed by atoms with Crippen LogP contribution in [0.4, 0.5) is 11.6 Å². The van der Waals surface area contributed by atoms with Crippen molar-refractivity contribution in [2.75, 3.05) is 24.7 Å². The highest BCUT2D eigenvalue weighted by Gasteiger charge is 2.54. The molecule has 3 aliphatic rings. The molecule has 3 aliphatic heterocycles. The van der Waals surface area contributed by atoms with Crippen molar-refractivity contribution in [3.8, 4) is 0 Å². The fraction of sp³-hybridized carbons (Fsp3) is 0.455. The molecule has 0 spiro atoms. The Morgan fingerprint density at radius 3 is 2.42 bits per heavy atom. The molecule has 7 rings (SSSR count). The van der Waals surface area contributed by atoms with E-state index in [4.69, 9.17) is 39.0 Å². The molecule has 7 heterocycles. The van der Waals surface area contributed by atoms with Gasteiger partial charge in [-0.15, -0.1) is 0 Å². The highest BCUT2D eigenvalue weighted by Crippen LogP contribution is 2.54. The maximum Gasteiger partial charge on any atom is 0.472 e. The third-order valence-electron chi connectivity index (χ3n) is 7.59. The molecule has 4 aromatic rings. The summed E-state index contributed by atoms with van der Waals surface area (Å²) >= 11 is 0. The first-order chi connectivity index (χ1) is 21.3. The van der Waals surface area contributed by atoms with Crippen LogP contribution in [0, 0.1) is 0 Å². The van der Waals surface area contributed by atoms with E-state index in [9.17, 15) is 33.9 Å². The van der Waals surface area contributed by atoms with E-state index in [-0.39, 0.29) is 22.8 Å². The predicted octanol–water partition coefficient (Wildman–Crippen LogP) is -1.29. The van der Waals surface area contributed by atoms with Gasteiger partial charge in [0.25, 0.3) is 5.56 Å². The van der Waals surface area contributed by atoms with Gasteiger partial charge < -0.3 is 40.9 Å². The van der Waals surface area contributed by atoms with Gasteiger partial charge in [-0.05, 0) is 18.2 Å². The number of nitrogens with one attached hydrogen (secondary N) is 1. The number of ether oxygens (including phenoxy) is 2. The number of aromatic nitrogens is 6. The van der Waals surface area contributed by atoms with Crippen molar-refractivity contribution < 1.29 is 56.7 Å². The number of phosphoric ester groups is 2. The number of hydrogen-bond donors (Lipinski definition) is 7. The number of aliphatic hydroxyl groups is 2. The monoisotopic (exact) mass is 672 g/mol. The summed E-state index contributed by atoms with van der Waals surface area (Å²) in [6.07, 6.45) is -9.78. The molecule has 0 aliphatic carbocycles. The first-order valence-electron chi connectivity index (χ1n) is 13.2. The van der Waals surface area contributed by atoms with Gasteiger partial charge in [0.05, 0.1) is 36.4 Å². The molecule has 10 atom stereocenters. The minimum atomic E-state index is -5.09. The van der Waals surface area contributed by atoms with Gasteiger partial charge in [-0.3, -0.25) is 32.4 Å². The maximum atomic E-state index is 13.2. The fourth-order valence-corrected chi connectivity index (χ4v) is 7.44. The van der Waals surface area contributed by atoms with E-state index in [2.05, 4.69) is 20.1 Å². The Balaban J connectivity index is 1.21. The van der Waals surface area contributed by atoms with Crippen LogP contribution < -0.4 is 17.0 Å². The molecule has 9 N–H and O–H groups in total. The number of nitrogens with two attached hydrogens (primary N) is 2. The number of hydrogen-bond acceptors (Lipinski definition) is 16. The van der Waals surface area contributed by atoms with E-state index in [0.29, 0.717) is 11.2 Å². The lowest BCUT2D eigenvalue weighted by Crippen LogP contribution is -2.36. The zero-order chi connectivity index (χ0) is 31.8. The largest absolute Gasteiger partial charge is 0.472 e. The number of nitrogens with zero attached hydrogens (tertiary/aromatic N) is 5. The number of imidazole rings is 1. The predicted molar refractivity (Wildman–Crippen MR) is 147 cm³/mol. The normalized spacial score (nSPS) is 37.7. The highest BCUT2D eigenvalue weighted by molar-refractivity contribution is 7.47. The van der Waals surface area contributed by atoms with Crippen molar-refractivity contribution in [3.63, 3.8) is 0 Å². The standard InChI is InChI=1S/C22H26N8O13P2/c23-8-3-4-26-30-9(8)1-2-10(30)16-15(32)17-12(40-16)6-39-45(36,37)43-18-14(31)11(5-38-44(34,35)42-17)41-21(18)29-7-25-13-19(29)27-22(24)28-20(13)33/h1-4,7,11-12,14-18,21,31-32H,5-6,23H2,(H,34,35)(H,36,37)(H3,24,27,28,33)/t11-,12-,14-,15+,16+,17-,18-,21-/m1/s1. The average Bonchev–Trinajstić information content (AvgIpc) is 3.72. The quantitative estimate of drug-likeness (QED) is 0.122. The van der Waals surface area contributed by atoms with Crippen molar-refractivity contribution in [2.45, 2.75) is 49.0 Å². The van der Waals surface area contributed by atoms with E-state index < -0.39 is 83.4 Å². The molecular formula is C22H26N8O13P2. The Hall–Kier alpha value is -3.30. The maximum absolute atomic E-state index is 13.2. The fourth-order valence-electron chi connectivity index (χ4n) is 5.55. The highest BCUT2D eigenvalue weighted by atomic mass is 31.2. The summed E-state index contributed by atoms with van der Waals surface area (Å²) in [7, 11) is -10.1. The van der Waals surface area contributed by atoms with E-state index in [1.54, 1.807) is 18.2 Å². The number of anilines is 2. The molecule has 4 aromatic heterocycles. The molecule has 23 heteroatoms. The summed E-state index contributed by atoms with van der Waals surface area (Å²) in [6.45, 7) is -1.60. The van der Waals surface area contributed by atoms with Gasteiger partial charge in [0, 0.05) is 6.20 Å². The zero-order valence-electron chi connectivity index (χ0n) is 22.7. The number of nitrogen functional groups attached to an aromatic ring is 2. The molecule has 3 saturated heterocycles. The van der Waals surface area contributed by atoms with Gasteiger partial charge in [0.2, 0.25) is 5.95 Å². The molecule has 0 aromatic carbocycles. The summed E-state index contributed by atoms with van der Waals surface area (Å²) in [5, 5.41) is 26.4. The van der Waals surface area contributed by atoms with Crippen LogP contribution in [-0.4, -0.2) is 99.0 Å². The summed E-state index contributed by atoms with van der Waals surface area (Å²) in [6, 6.07) is 4.75. The van der Waals surface area contributed by atoms with Crippen molar-refractivity contribution in [2.24, 2.45) is 0 Å². The Morgan fingerprint density at radius 2 is 1.67 bits per heavy atom. The number of fused-ring (bicyclic) bond motifs is 5. The van der Waals surface area contributed by atoms with Gasteiger partial charge >= 0.3 is 15.6 Å². The van der Waals surface area contributed by atoms with Crippen molar-refractivity contribution >= 4 is 44.0 Å². The number of aliphatic hydroxyl groups excluding tert-OH is 2. The second-order valence-corrected chi connectivity index (χ2v) is 13.2. The van der Waals surface area contributed by atoms with E-state index in [1.807, 2.05) is 0 Å². The van der Waals surface area contributed by atoms with Crippen LogP contribution in [0.25, 0.3) is 16.7 Å². The Kier molecular flexibility index (Phi) is 7.36. The van der Waals surface area contributed by atoms with Crippen LogP contribution in [0.5, 0.6) is 0 Å². The van der Waals surface area contributed by atoms with Crippen LogP contribution >= 0.6 is 15.6 Å². The van der Waals surface area contributed by atoms with E-state index in [0.717, 1.165) is 10.9 Å². The third kappa shape index (κ3) is 5.35. The first-order valence-corrected chi connectivity index (χ1v) is 16.2. The minimum Gasteiger partial charge on any atom is -0.397 e. The van der Waals surface area contributed by atoms with Gasteiger partial charge in [0.1, 0.15) is 42.7 Å². The van der Waals surface area contributed by atoms with Crippen molar-refractivity contribution in [1.82, 2.24) is 29.1 Å². The molecule has 2 bridgehead atoms. The van der Waals surface area contributed by atoms with E-state index >= 15 is 0 Å². The molecule has 45 heavy (non-hydrogen) atoms. The number of aromatic amines is 1. The Bertz CT molecular complexity index is 1930. The number of phosphoric acid groups is 2. The molecule has 3 fully saturated rings. The van der Waals surface area contributed by atoms with Crippen molar-refractivity contribution in [1.29, 1.82) is 0 Å². The van der Waals surface area contributed by atoms with Gasteiger partial charge in [-0.1, -0.05) is 0 Å². The van der Waals surface area contributed by atoms with Crippen LogP contribution in [0.15, 0.2) is 35.5 Å². The number of rotatable bonds is 2. The van der Waals surface area contributed by atoms with Crippen LogP contribution in [0.3, 0.4) is 0 Å². The molecular weight excluding hydrogens is 646 g/mol. The second-order valence-electron chi connectivity index (χ2n) is 10.4. The lowest BCUT2D eigenvalue weighted by molar-refractivity contribution is -0.0637. The average molecular weight is 672 g/mol. The van der Waals surface area contributed by atoms with Gasteiger partial charge in [-0.25, -0.2) is 18.6 Å². The van der Waals surface area contributed by atoms with E-state index in [1.165, 1.54) is 10.7 Å². The van der Waals surface area contributed by atoms with Crippen LogP contribution in [-0.2, 0) is 36.7 Å². The smallest absolute Gasteiger partial charge is 0.397 e. The molecule has 0 amide bonds. The molecule has 2 unspecified atom stereocenters. The van der Waals surface area contributed by atoms with Crippen LogP contribution in [0.1, 0.15) is 18.0 Å². The summed E-state index contributed by atoms with van der Waals surface area (Å²) in [4.78, 5) is 43.8. The summed E-state index contributed by atoms with van der Waals surface area (Å²) in [5.41, 5.74) is 11.8. The summed E-state index contributed by atoms with van der Waals surface area (Å²) in [5.74, 6) is -0.277. The first kappa shape index (κ1) is 30.4. The zero-order valence-corrected chi connectivity index (χ0v) is 24.5. The minimum absolute atomic E-state index is 0.119. The van der Waals surface area contributed by atoms with Gasteiger partial charge in [0.15, 0.2) is 17.4 Å². The molecule has 242 valence electrons. The van der Waals surface area contributed by atoms with Gasteiger partial charge in [-0.2, -0.15) is 10.1 Å². The van der Waals surface area contributed by atoms with Crippen molar-refractivity contribution in [3.05, 3.63) is 46.8 Å². The SMILES string of the molecule is Nc1nc2c(ncn2[C@@H]2O[C@@H]3COP(=O)(O)O[C@H]4[C@@H](O)[C@H](c5ccc6c(N)ccnn56)O[C@@H]4COP(=O)(O)O[C@@H]2[C@@H]3O)c(=O)[nH]1. The number of H-pyrrole nitrogens is 1. The Labute approximate surface area is 250 Å². The Morgan fingerprint density at radius 1 is 0.956 bits per heavy atom. The molecule has 0 radical (unpaired) electrons. The third-order valence-corrected chi connectivity index (χ3v) is 9.56. The van der Waals surface area contributed by atoms with Crippen LogP contribution in [0.2, 0.25) is 0 Å². The topological polar surface area (TPSA) is 303 Å². The lowest BCUT2D eigenvalue weighted by Gasteiger charge is -2.25. The second kappa shape index (κ2) is 10.9. The summed E-state index contributed by atoms with van der Waals surface area (Å²) < 4.78 is 61.4.